The van der Waals surface area contributed by atoms with E-state index in [2.05, 4.69) is 27.3 Å². The van der Waals surface area contributed by atoms with Gasteiger partial charge in [0.15, 0.2) is 0 Å². The van der Waals surface area contributed by atoms with Crippen LogP contribution in [0, 0.1) is 11.3 Å². The van der Waals surface area contributed by atoms with Gasteiger partial charge in [-0.25, -0.2) is 0 Å². The van der Waals surface area contributed by atoms with E-state index in [1.807, 2.05) is 18.2 Å². The van der Waals surface area contributed by atoms with Gasteiger partial charge in [-0.1, -0.05) is 11.6 Å². The molecule has 0 unspecified atom stereocenters. The van der Waals surface area contributed by atoms with Crippen molar-refractivity contribution in [3.8, 4) is 11.8 Å². The van der Waals surface area contributed by atoms with E-state index in [0.29, 0.717) is 16.3 Å². The molecule has 2 rings (SSSR count). The number of ether oxygens (including phenoxy) is 1. The Labute approximate surface area is 124 Å². The van der Waals surface area contributed by atoms with Crippen molar-refractivity contribution in [1.82, 2.24) is 0 Å². The summed E-state index contributed by atoms with van der Waals surface area (Å²) in [6.07, 6.45) is 0. The lowest BCUT2D eigenvalue weighted by Gasteiger charge is -2.10. The van der Waals surface area contributed by atoms with E-state index < -0.39 is 0 Å². The second-order valence-corrected chi connectivity index (χ2v) is 5.07. The maximum absolute atomic E-state index is 9.08. The molecule has 3 nitrogen and oxygen atoms in total. The Morgan fingerprint density at radius 3 is 2.74 bits per heavy atom. The molecule has 5 heteroatoms. The Balaban J connectivity index is 2.34. The number of rotatable bonds is 3. The van der Waals surface area contributed by atoms with Gasteiger partial charge in [0.05, 0.1) is 22.8 Å². The van der Waals surface area contributed by atoms with Crippen molar-refractivity contribution in [3.05, 3.63) is 51.5 Å². The minimum Gasteiger partial charge on any atom is -0.495 e. The maximum Gasteiger partial charge on any atom is 0.135 e. The number of halogens is 2. The first kappa shape index (κ1) is 13.7. The second kappa shape index (κ2) is 5.96. The van der Waals surface area contributed by atoms with Crippen LogP contribution in [0.5, 0.6) is 5.75 Å². The average molecular weight is 338 g/mol. The molecule has 0 bridgehead atoms. The molecule has 0 atom stereocenters. The van der Waals surface area contributed by atoms with Crippen LogP contribution in [0.4, 0.5) is 11.4 Å². The number of methoxy groups -OCH3 is 1. The standard InChI is InChI=1S/C14H10BrClN2O/c1-19-14-7-11(3-4-12(14)15)18-13-5-2-10(16)6-9(13)8-17/h2-7,18H,1H3. The van der Waals surface area contributed by atoms with E-state index in [9.17, 15) is 0 Å². The lowest BCUT2D eigenvalue weighted by Crippen LogP contribution is -1.94. The van der Waals surface area contributed by atoms with Crippen molar-refractivity contribution in [3.63, 3.8) is 0 Å². The van der Waals surface area contributed by atoms with Crippen molar-refractivity contribution >= 4 is 38.9 Å². The minimum absolute atomic E-state index is 0.495. The average Bonchev–Trinajstić information content (AvgIpc) is 2.42. The Kier molecular flexibility index (Phi) is 4.31. The van der Waals surface area contributed by atoms with E-state index in [4.69, 9.17) is 21.6 Å². The fraction of sp³-hybridized carbons (Fsp3) is 0.0714. The lowest BCUT2D eigenvalue weighted by atomic mass is 10.2. The van der Waals surface area contributed by atoms with Crippen LogP contribution in [-0.2, 0) is 0 Å². The zero-order valence-corrected chi connectivity index (χ0v) is 12.4. The summed E-state index contributed by atoms with van der Waals surface area (Å²) < 4.78 is 6.10. The quantitative estimate of drug-likeness (QED) is 0.881. The zero-order chi connectivity index (χ0) is 13.8. The molecule has 2 aromatic rings. The van der Waals surface area contributed by atoms with Gasteiger partial charge >= 0.3 is 0 Å². The summed E-state index contributed by atoms with van der Waals surface area (Å²) >= 11 is 9.25. The van der Waals surface area contributed by atoms with E-state index in [1.54, 1.807) is 25.3 Å². The van der Waals surface area contributed by atoms with Crippen molar-refractivity contribution in [2.24, 2.45) is 0 Å². The van der Waals surface area contributed by atoms with Crippen molar-refractivity contribution in [1.29, 1.82) is 5.26 Å². The van der Waals surface area contributed by atoms with Gasteiger partial charge in [0.25, 0.3) is 0 Å². The predicted molar refractivity (Wildman–Crippen MR) is 80.1 cm³/mol. The molecular formula is C14H10BrClN2O. The number of benzene rings is 2. The molecule has 0 saturated heterocycles. The molecule has 1 N–H and O–H groups in total. The smallest absolute Gasteiger partial charge is 0.135 e. The van der Waals surface area contributed by atoms with Gasteiger partial charge < -0.3 is 10.1 Å². The van der Waals surface area contributed by atoms with E-state index >= 15 is 0 Å². The summed E-state index contributed by atoms with van der Waals surface area (Å²) in [4.78, 5) is 0. The van der Waals surface area contributed by atoms with Crippen molar-refractivity contribution < 1.29 is 4.74 Å². The molecule has 96 valence electrons. The van der Waals surface area contributed by atoms with Gasteiger partial charge in [-0.3, -0.25) is 0 Å². The van der Waals surface area contributed by atoms with Gasteiger partial charge in [-0.2, -0.15) is 5.26 Å². The summed E-state index contributed by atoms with van der Waals surface area (Å²) in [5, 5.41) is 12.8. The van der Waals surface area contributed by atoms with Gasteiger partial charge in [0.2, 0.25) is 0 Å². The molecule has 2 aromatic carbocycles. The maximum atomic E-state index is 9.08. The largest absolute Gasteiger partial charge is 0.495 e. The number of nitrogens with zero attached hydrogens (tertiary/aromatic N) is 1. The van der Waals surface area contributed by atoms with E-state index in [1.165, 1.54) is 0 Å². The second-order valence-electron chi connectivity index (χ2n) is 3.78. The molecular weight excluding hydrogens is 328 g/mol. The first-order chi connectivity index (χ1) is 9.13. The zero-order valence-electron chi connectivity index (χ0n) is 10.1. The van der Waals surface area contributed by atoms with Crippen LogP contribution in [0.3, 0.4) is 0 Å². The van der Waals surface area contributed by atoms with Crippen molar-refractivity contribution in [2.75, 3.05) is 12.4 Å². The first-order valence-electron chi connectivity index (χ1n) is 5.44. The Morgan fingerprint density at radius 2 is 2.05 bits per heavy atom. The summed E-state index contributed by atoms with van der Waals surface area (Å²) in [5.41, 5.74) is 2.03. The molecule has 0 heterocycles. The molecule has 0 spiro atoms. The third-order valence-corrected chi connectivity index (χ3v) is 3.42. The summed E-state index contributed by atoms with van der Waals surface area (Å²) in [5.74, 6) is 0.720. The summed E-state index contributed by atoms with van der Waals surface area (Å²) in [6.45, 7) is 0. The monoisotopic (exact) mass is 336 g/mol. The van der Waals surface area contributed by atoms with Crippen LogP contribution >= 0.6 is 27.5 Å². The third-order valence-electron chi connectivity index (χ3n) is 2.53. The van der Waals surface area contributed by atoms with Crippen LogP contribution in [0.15, 0.2) is 40.9 Å². The molecule has 0 amide bonds. The van der Waals surface area contributed by atoms with Crippen LogP contribution in [0.25, 0.3) is 0 Å². The fourth-order valence-electron chi connectivity index (χ4n) is 1.61. The highest BCUT2D eigenvalue weighted by Gasteiger charge is 2.06. The Hall–Kier alpha value is -1.70. The van der Waals surface area contributed by atoms with Gasteiger partial charge in [-0.05, 0) is 46.3 Å². The highest BCUT2D eigenvalue weighted by molar-refractivity contribution is 9.10. The lowest BCUT2D eigenvalue weighted by molar-refractivity contribution is 0.412. The third kappa shape index (κ3) is 3.19. The Morgan fingerprint density at radius 1 is 1.26 bits per heavy atom. The van der Waals surface area contributed by atoms with Crippen LogP contribution in [0.1, 0.15) is 5.56 Å². The molecule has 0 aliphatic rings. The first-order valence-corrected chi connectivity index (χ1v) is 6.61. The van der Waals surface area contributed by atoms with Crippen LogP contribution in [-0.4, -0.2) is 7.11 Å². The number of hydrogen-bond acceptors (Lipinski definition) is 3. The number of nitriles is 1. The number of anilines is 2. The molecule has 19 heavy (non-hydrogen) atoms. The number of nitrogens with one attached hydrogen (secondary N) is 1. The van der Waals surface area contributed by atoms with Crippen LogP contribution < -0.4 is 10.1 Å². The molecule has 0 fully saturated rings. The summed E-state index contributed by atoms with van der Waals surface area (Å²) in [6, 6.07) is 12.9. The minimum atomic E-state index is 0.495. The number of hydrogen-bond donors (Lipinski definition) is 1. The highest BCUT2D eigenvalue weighted by atomic mass is 79.9. The molecule has 0 aliphatic heterocycles. The van der Waals surface area contributed by atoms with Crippen LogP contribution in [0.2, 0.25) is 5.02 Å². The topological polar surface area (TPSA) is 45.0 Å². The summed E-state index contributed by atoms with van der Waals surface area (Å²) in [7, 11) is 1.60. The normalized spacial score (nSPS) is 9.79. The van der Waals surface area contributed by atoms with Gasteiger partial charge in [0, 0.05) is 16.8 Å². The molecule has 0 aromatic heterocycles. The molecule has 0 radical (unpaired) electrons. The highest BCUT2D eigenvalue weighted by Crippen LogP contribution is 2.30. The molecule has 0 saturated carbocycles. The fourth-order valence-corrected chi connectivity index (χ4v) is 2.19. The van der Waals surface area contributed by atoms with E-state index in [0.717, 1.165) is 15.9 Å². The molecule has 0 aliphatic carbocycles. The predicted octanol–water partition coefficient (Wildman–Crippen LogP) is 4.73. The van der Waals surface area contributed by atoms with E-state index in [-0.39, 0.29) is 0 Å². The Bertz CT molecular complexity index is 652. The van der Waals surface area contributed by atoms with Gasteiger partial charge in [-0.15, -0.1) is 0 Å². The van der Waals surface area contributed by atoms with Gasteiger partial charge in [0.1, 0.15) is 11.8 Å². The van der Waals surface area contributed by atoms with Crippen molar-refractivity contribution in [2.45, 2.75) is 0 Å². The SMILES string of the molecule is COc1cc(Nc2ccc(Cl)cc2C#N)ccc1Br.